The summed E-state index contributed by atoms with van der Waals surface area (Å²) in [7, 11) is 0. The first-order chi connectivity index (χ1) is 11.6. The molecule has 1 aromatic carbocycles. The molecule has 0 spiro atoms. The quantitative estimate of drug-likeness (QED) is 0.809. The van der Waals surface area contributed by atoms with Crippen LogP contribution in [0.4, 0.5) is 5.69 Å². The lowest BCUT2D eigenvalue weighted by molar-refractivity contribution is -0.135. The molecular weight excluding hydrogens is 300 g/mol. The molecule has 4 heteroatoms. The highest BCUT2D eigenvalue weighted by molar-refractivity contribution is 6.13. The molecule has 2 aliphatic carbocycles. The van der Waals surface area contributed by atoms with Crippen LogP contribution in [-0.4, -0.2) is 17.9 Å². The van der Waals surface area contributed by atoms with Gasteiger partial charge < -0.3 is 10.6 Å². The van der Waals surface area contributed by atoms with Gasteiger partial charge in [0.2, 0.25) is 11.8 Å². The first-order valence-electron chi connectivity index (χ1n) is 9.28. The minimum Gasteiger partial charge on any atom is -0.352 e. The van der Waals surface area contributed by atoms with Gasteiger partial charge in [0.25, 0.3) is 0 Å². The molecule has 2 N–H and O–H groups in total. The molecule has 2 amide bonds. The topological polar surface area (TPSA) is 58.2 Å². The number of hydrogen-bond donors (Lipinski definition) is 2. The van der Waals surface area contributed by atoms with Crippen LogP contribution in [0.2, 0.25) is 0 Å². The smallest absolute Gasteiger partial charge is 0.240 e. The number of anilines is 1. The van der Waals surface area contributed by atoms with Gasteiger partial charge in [-0.25, -0.2) is 0 Å². The van der Waals surface area contributed by atoms with Gasteiger partial charge in [0.1, 0.15) is 5.41 Å². The fourth-order valence-electron chi connectivity index (χ4n) is 3.69. The van der Waals surface area contributed by atoms with Crippen molar-refractivity contribution in [3.8, 4) is 0 Å². The average Bonchev–Trinajstić information content (AvgIpc) is 3.39. The third-order valence-electron chi connectivity index (χ3n) is 5.54. The zero-order valence-electron chi connectivity index (χ0n) is 14.8. The van der Waals surface area contributed by atoms with Crippen molar-refractivity contribution in [2.75, 3.05) is 5.32 Å². The second-order valence-electron chi connectivity index (χ2n) is 7.31. The van der Waals surface area contributed by atoms with Gasteiger partial charge >= 0.3 is 0 Å². The number of aryl methyl sites for hydroxylation is 2. The van der Waals surface area contributed by atoms with Crippen LogP contribution >= 0.6 is 0 Å². The van der Waals surface area contributed by atoms with Crippen LogP contribution in [0, 0.1) is 12.3 Å². The number of hydrogen-bond acceptors (Lipinski definition) is 2. The van der Waals surface area contributed by atoms with Crippen molar-refractivity contribution in [1.82, 2.24) is 5.32 Å². The van der Waals surface area contributed by atoms with Crippen LogP contribution in [0.5, 0.6) is 0 Å². The summed E-state index contributed by atoms with van der Waals surface area (Å²) in [6, 6.07) is 6.29. The summed E-state index contributed by atoms with van der Waals surface area (Å²) in [4.78, 5) is 25.5. The molecule has 3 rings (SSSR count). The minimum absolute atomic E-state index is 0.0708. The molecule has 0 bridgehead atoms. The van der Waals surface area contributed by atoms with E-state index in [-0.39, 0.29) is 17.9 Å². The zero-order valence-corrected chi connectivity index (χ0v) is 14.8. The SMILES string of the molecule is CCc1cccc(C)c1NC(=O)C1(C(=O)NC2CCCCC2)CC1. The van der Waals surface area contributed by atoms with Gasteiger partial charge in [0, 0.05) is 11.7 Å². The summed E-state index contributed by atoms with van der Waals surface area (Å²) in [6.45, 7) is 4.07. The minimum atomic E-state index is -0.843. The third kappa shape index (κ3) is 3.33. The highest BCUT2D eigenvalue weighted by atomic mass is 16.2. The average molecular weight is 328 g/mol. The Morgan fingerprint density at radius 3 is 2.46 bits per heavy atom. The summed E-state index contributed by atoms with van der Waals surface area (Å²) >= 11 is 0. The van der Waals surface area contributed by atoms with Gasteiger partial charge in [-0.2, -0.15) is 0 Å². The van der Waals surface area contributed by atoms with E-state index in [1.54, 1.807) is 0 Å². The molecule has 130 valence electrons. The lowest BCUT2D eigenvalue weighted by Gasteiger charge is -2.25. The Bertz CT molecular complexity index is 629. The monoisotopic (exact) mass is 328 g/mol. The lowest BCUT2D eigenvalue weighted by Crippen LogP contribution is -2.45. The van der Waals surface area contributed by atoms with Crippen molar-refractivity contribution < 1.29 is 9.59 Å². The maximum absolute atomic E-state index is 12.8. The lowest BCUT2D eigenvalue weighted by atomic mass is 9.94. The van der Waals surface area contributed by atoms with Crippen molar-refractivity contribution in [3.05, 3.63) is 29.3 Å². The Morgan fingerprint density at radius 2 is 1.83 bits per heavy atom. The van der Waals surface area contributed by atoms with Crippen LogP contribution in [0.1, 0.15) is 63.0 Å². The normalized spacial score (nSPS) is 19.6. The Labute approximate surface area is 144 Å². The van der Waals surface area contributed by atoms with Crippen LogP contribution in [0.25, 0.3) is 0 Å². The summed E-state index contributed by atoms with van der Waals surface area (Å²) in [6.07, 6.45) is 7.86. The molecule has 0 aromatic heterocycles. The molecule has 0 atom stereocenters. The van der Waals surface area contributed by atoms with E-state index in [1.807, 2.05) is 25.1 Å². The van der Waals surface area contributed by atoms with E-state index >= 15 is 0 Å². The van der Waals surface area contributed by atoms with Crippen LogP contribution in [-0.2, 0) is 16.0 Å². The molecule has 0 saturated heterocycles. The Morgan fingerprint density at radius 1 is 1.12 bits per heavy atom. The molecule has 2 saturated carbocycles. The van der Waals surface area contributed by atoms with Crippen molar-refractivity contribution in [1.29, 1.82) is 0 Å². The number of benzene rings is 1. The van der Waals surface area contributed by atoms with Gasteiger partial charge in [-0.05, 0) is 50.2 Å². The van der Waals surface area contributed by atoms with Gasteiger partial charge in [-0.3, -0.25) is 9.59 Å². The fourth-order valence-corrected chi connectivity index (χ4v) is 3.69. The number of rotatable bonds is 5. The number of para-hydroxylation sites is 1. The van der Waals surface area contributed by atoms with Gasteiger partial charge in [-0.1, -0.05) is 44.4 Å². The molecule has 4 nitrogen and oxygen atoms in total. The first kappa shape index (κ1) is 17.0. The van der Waals surface area contributed by atoms with Crippen molar-refractivity contribution in [3.63, 3.8) is 0 Å². The number of carbonyl (C=O) groups is 2. The van der Waals surface area contributed by atoms with E-state index in [0.29, 0.717) is 12.8 Å². The molecular formula is C20H28N2O2. The van der Waals surface area contributed by atoms with Crippen LogP contribution in [0.3, 0.4) is 0 Å². The summed E-state index contributed by atoms with van der Waals surface area (Å²) in [5, 5.41) is 6.18. The van der Waals surface area contributed by atoms with E-state index in [0.717, 1.165) is 36.1 Å². The molecule has 2 fully saturated rings. The van der Waals surface area contributed by atoms with E-state index in [4.69, 9.17) is 0 Å². The number of nitrogens with one attached hydrogen (secondary N) is 2. The van der Waals surface area contributed by atoms with Crippen molar-refractivity contribution in [2.24, 2.45) is 5.41 Å². The molecule has 0 radical (unpaired) electrons. The summed E-state index contributed by atoms with van der Waals surface area (Å²) < 4.78 is 0. The highest BCUT2D eigenvalue weighted by Gasteiger charge is 2.56. The maximum atomic E-state index is 12.8. The summed E-state index contributed by atoms with van der Waals surface area (Å²) in [5.41, 5.74) is 2.20. The highest BCUT2D eigenvalue weighted by Crippen LogP contribution is 2.47. The molecule has 0 unspecified atom stereocenters. The van der Waals surface area contributed by atoms with Crippen molar-refractivity contribution in [2.45, 2.75) is 71.3 Å². The predicted octanol–water partition coefficient (Wildman–Crippen LogP) is 3.73. The standard InChI is InChI=1S/C20H28N2O2/c1-3-15-9-7-8-14(2)17(15)22-19(24)20(12-13-20)18(23)21-16-10-5-4-6-11-16/h7-9,16H,3-6,10-13H2,1-2H3,(H,21,23)(H,22,24). The number of carbonyl (C=O) groups excluding carboxylic acids is 2. The molecule has 0 heterocycles. The predicted molar refractivity (Wildman–Crippen MR) is 95.9 cm³/mol. The molecule has 0 aliphatic heterocycles. The maximum Gasteiger partial charge on any atom is 0.240 e. The zero-order chi connectivity index (χ0) is 17.2. The fraction of sp³-hybridized carbons (Fsp3) is 0.600. The van der Waals surface area contributed by atoms with Gasteiger partial charge in [0.05, 0.1) is 0 Å². The van der Waals surface area contributed by atoms with Crippen LogP contribution in [0.15, 0.2) is 18.2 Å². The van der Waals surface area contributed by atoms with E-state index < -0.39 is 5.41 Å². The number of amides is 2. The van der Waals surface area contributed by atoms with Gasteiger partial charge in [-0.15, -0.1) is 0 Å². The van der Waals surface area contributed by atoms with Crippen molar-refractivity contribution >= 4 is 17.5 Å². The Hall–Kier alpha value is -1.84. The second-order valence-corrected chi connectivity index (χ2v) is 7.31. The molecule has 24 heavy (non-hydrogen) atoms. The molecule has 1 aromatic rings. The van der Waals surface area contributed by atoms with E-state index in [2.05, 4.69) is 17.6 Å². The van der Waals surface area contributed by atoms with Gasteiger partial charge in [0.15, 0.2) is 0 Å². The summed E-state index contributed by atoms with van der Waals surface area (Å²) in [5.74, 6) is -0.210. The Balaban J connectivity index is 1.69. The molecule has 2 aliphatic rings. The third-order valence-corrected chi connectivity index (χ3v) is 5.54. The second kappa shape index (κ2) is 6.96. The Kier molecular flexibility index (Phi) is 4.93. The van der Waals surface area contributed by atoms with E-state index in [1.165, 1.54) is 19.3 Å². The van der Waals surface area contributed by atoms with E-state index in [9.17, 15) is 9.59 Å². The largest absolute Gasteiger partial charge is 0.352 e. The first-order valence-corrected chi connectivity index (χ1v) is 9.28. The van der Waals surface area contributed by atoms with Crippen LogP contribution < -0.4 is 10.6 Å².